The number of hydrogen-bond donors (Lipinski definition) is 1. The number of nitro benzene ring substituents is 1. The van der Waals surface area contributed by atoms with E-state index in [4.69, 9.17) is 5.26 Å². The molecule has 0 amide bonds. The lowest BCUT2D eigenvalue weighted by atomic mass is 10.0. The number of aliphatic hydroxyl groups is 1. The van der Waals surface area contributed by atoms with Gasteiger partial charge in [0.25, 0.3) is 5.69 Å². The maximum absolute atomic E-state index is 11.2. The molecule has 1 aliphatic heterocycles. The Labute approximate surface area is 129 Å². The molecule has 2 rings (SSSR count). The molecule has 0 aromatic heterocycles. The molecule has 118 valence electrons. The van der Waals surface area contributed by atoms with Crippen LogP contribution in [0.2, 0.25) is 0 Å². The monoisotopic (exact) mass is 304 g/mol. The standard InChI is InChI=1S/C15H20N4O3/c1-15(2,11-20)18-7-5-17(6-8-18)13-4-3-12(10-16)9-14(13)19(21)22/h3-4,9,20H,5-8,11H2,1-2H3. The number of piperazine rings is 1. The summed E-state index contributed by atoms with van der Waals surface area (Å²) in [5.41, 5.74) is 0.512. The lowest BCUT2D eigenvalue weighted by Crippen LogP contribution is -2.56. The van der Waals surface area contributed by atoms with E-state index in [-0.39, 0.29) is 23.4 Å². The molecule has 1 aromatic rings. The molecule has 0 saturated carbocycles. The quantitative estimate of drug-likeness (QED) is 0.667. The maximum Gasteiger partial charge on any atom is 0.293 e. The fourth-order valence-electron chi connectivity index (χ4n) is 2.66. The van der Waals surface area contributed by atoms with Gasteiger partial charge in [-0.1, -0.05) is 0 Å². The molecule has 7 nitrogen and oxygen atoms in total. The van der Waals surface area contributed by atoms with Crippen LogP contribution in [0.5, 0.6) is 0 Å². The summed E-state index contributed by atoms with van der Waals surface area (Å²) in [6.07, 6.45) is 0. The Morgan fingerprint density at radius 1 is 1.36 bits per heavy atom. The summed E-state index contributed by atoms with van der Waals surface area (Å²) in [6.45, 7) is 6.78. The Morgan fingerprint density at radius 3 is 2.50 bits per heavy atom. The van der Waals surface area contributed by atoms with Gasteiger partial charge in [-0.15, -0.1) is 0 Å². The summed E-state index contributed by atoms with van der Waals surface area (Å²) in [4.78, 5) is 14.9. The molecule has 0 bridgehead atoms. The van der Waals surface area contributed by atoms with Crippen molar-refractivity contribution < 1.29 is 10.0 Å². The zero-order valence-corrected chi connectivity index (χ0v) is 12.8. The van der Waals surface area contributed by atoms with Gasteiger partial charge < -0.3 is 10.0 Å². The second-order valence-corrected chi connectivity index (χ2v) is 6.02. The lowest BCUT2D eigenvalue weighted by Gasteiger charge is -2.43. The van der Waals surface area contributed by atoms with Gasteiger partial charge in [0.1, 0.15) is 5.69 Å². The molecule has 1 saturated heterocycles. The van der Waals surface area contributed by atoms with Gasteiger partial charge in [0.05, 0.1) is 23.2 Å². The van der Waals surface area contributed by atoms with E-state index < -0.39 is 4.92 Å². The normalized spacial score (nSPS) is 16.4. The number of nitriles is 1. The second kappa shape index (κ2) is 6.30. The molecule has 7 heteroatoms. The van der Waals surface area contributed by atoms with E-state index in [1.807, 2.05) is 24.8 Å². The average molecular weight is 304 g/mol. The number of hydrogen-bond acceptors (Lipinski definition) is 6. The molecule has 1 fully saturated rings. The topological polar surface area (TPSA) is 93.6 Å². The van der Waals surface area contributed by atoms with E-state index >= 15 is 0 Å². The smallest absolute Gasteiger partial charge is 0.293 e. The van der Waals surface area contributed by atoms with Gasteiger partial charge >= 0.3 is 0 Å². The van der Waals surface area contributed by atoms with Crippen LogP contribution in [0.25, 0.3) is 0 Å². The van der Waals surface area contributed by atoms with Gasteiger partial charge in [-0.3, -0.25) is 15.0 Å². The van der Waals surface area contributed by atoms with Crippen molar-refractivity contribution in [3.05, 3.63) is 33.9 Å². The fourth-order valence-corrected chi connectivity index (χ4v) is 2.66. The van der Waals surface area contributed by atoms with E-state index in [0.717, 1.165) is 13.1 Å². The van der Waals surface area contributed by atoms with E-state index in [0.29, 0.717) is 18.8 Å². The van der Waals surface area contributed by atoms with Crippen LogP contribution < -0.4 is 4.90 Å². The third-order valence-corrected chi connectivity index (χ3v) is 4.16. The van der Waals surface area contributed by atoms with E-state index in [2.05, 4.69) is 4.90 Å². The number of anilines is 1. The summed E-state index contributed by atoms with van der Waals surface area (Å²) in [6, 6.07) is 6.49. The van der Waals surface area contributed by atoms with Gasteiger partial charge in [-0.2, -0.15) is 5.26 Å². The molecule has 0 atom stereocenters. The van der Waals surface area contributed by atoms with Gasteiger partial charge in [0.2, 0.25) is 0 Å². The van der Waals surface area contributed by atoms with Crippen LogP contribution in [0.15, 0.2) is 18.2 Å². The van der Waals surface area contributed by atoms with Crippen LogP contribution in [0.4, 0.5) is 11.4 Å². The molecule has 1 aromatic carbocycles. The number of nitrogens with zero attached hydrogens (tertiary/aromatic N) is 4. The van der Waals surface area contributed by atoms with Crippen molar-refractivity contribution in [1.82, 2.24) is 4.90 Å². The molecular formula is C15H20N4O3. The highest BCUT2D eigenvalue weighted by atomic mass is 16.6. The minimum Gasteiger partial charge on any atom is -0.394 e. The average Bonchev–Trinajstić information content (AvgIpc) is 2.54. The first-order chi connectivity index (χ1) is 10.4. The molecule has 0 radical (unpaired) electrons. The number of rotatable bonds is 4. The Hall–Kier alpha value is -2.17. The summed E-state index contributed by atoms with van der Waals surface area (Å²) < 4.78 is 0. The van der Waals surface area contributed by atoms with Crippen molar-refractivity contribution in [2.45, 2.75) is 19.4 Å². The van der Waals surface area contributed by atoms with Crippen LogP contribution in [0.1, 0.15) is 19.4 Å². The highest BCUT2D eigenvalue weighted by Gasteiger charge is 2.31. The number of nitro groups is 1. The Morgan fingerprint density at radius 2 is 2.00 bits per heavy atom. The zero-order valence-electron chi connectivity index (χ0n) is 12.8. The predicted octanol–water partition coefficient (Wildman–Crippen LogP) is 1.36. The van der Waals surface area contributed by atoms with Crippen molar-refractivity contribution in [3.63, 3.8) is 0 Å². The lowest BCUT2D eigenvalue weighted by molar-refractivity contribution is -0.384. The predicted molar refractivity (Wildman–Crippen MR) is 82.8 cm³/mol. The molecule has 1 heterocycles. The van der Waals surface area contributed by atoms with Crippen LogP contribution in [0.3, 0.4) is 0 Å². The Bertz CT molecular complexity index is 601. The van der Waals surface area contributed by atoms with Crippen LogP contribution in [-0.2, 0) is 0 Å². The van der Waals surface area contributed by atoms with Crippen molar-refractivity contribution in [1.29, 1.82) is 5.26 Å². The molecule has 1 aliphatic rings. The van der Waals surface area contributed by atoms with Gasteiger partial charge in [-0.25, -0.2) is 0 Å². The second-order valence-electron chi connectivity index (χ2n) is 6.02. The summed E-state index contributed by atoms with van der Waals surface area (Å²) in [5.74, 6) is 0. The van der Waals surface area contributed by atoms with Crippen LogP contribution >= 0.6 is 0 Å². The largest absolute Gasteiger partial charge is 0.394 e. The van der Waals surface area contributed by atoms with Crippen molar-refractivity contribution in [2.75, 3.05) is 37.7 Å². The first-order valence-corrected chi connectivity index (χ1v) is 7.18. The SMILES string of the molecule is CC(C)(CO)N1CCN(c2ccc(C#N)cc2[N+](=O)[O-])CC1. The Kier molecular flexibility index (Phi) is 4.64. The van der Waals surface area contributed by atoms with E-state index in [1.165, 1.54) is 6.07 Å². The highest BCUT2D eigenvalue weighted by molar-refractivity contribution is 5.65. The Balaban J connectivity index is 2.18. The fraction of sp³-hybridized carbons (Fsp3) is 0.533. The van der Waals surface area contributed by atoms with Crippen molar-refractivity contribution in [2.24, 2.45) is 0 Å². The minimum atomic E-state index is -0.444. The van der Waals surface area contributed by atoms with Crippen molar-refractivity contribution in [3.8, 4) is 6.07 Å². The molecule has 22 heavy (non-hydrogen) atoms. The minimum absolute atomic E-state index is 0.0334. The van der Waals surface area contributed by atoms with Crippen LogP contribution in [-0.4, -0.2) is 53.3 Å². The molecule has 0 aliphatic carbocycles. The zero-order chi connectivity index (χ0) is 16.3. The third-order valence-electron chi connectivity index (χ3n) is 4.16. The first kappa shape index (κ1) is 16.2. The summed E-state index contributed by atoms with van der Waals surface area (Å²) >= 11 is 0. The molecular weight excluding hydrogens is 284 g/mol. The highest BCUT2D eigenvalue weighted by Crippen LogP contribution is 2.30. The first-order valence-electron chi connectivity index (χ1n) is 7.18. The van der Waals surface area contributed by atoms with Crippen LogP contribution in [0, 0.1) is 21.4 Å². The summed E-state index contributed by atoms with van der Waals surface area (Å²) in [7, 11) is 0. The molecule has 0 unspecified atom stereocenters. The number of aliphatic hydroxyl groups excluding tert-OH is 1. The van der Waals surface area contributed by atoms with Gasteiger partial charge in [0.15, 0.2) is 0 Å². The van der Waals surface area contributed by atoms with Gasteiger partial charge in [0, 0.05) is 37.8 Å². The van der Waals surface area contributed by atoms with E-state index in [9.17, 15) is 15.2 Å². The van der Waals surface area contributed by atoms with Crippen molar-refractivity contribution >= 4 is 11.4 Å². The van der Waals surface area contributed by atoms with E-state index in [1.54, 1.807) is 12.1 Å². The molecule has 1 N–H and O–H groups in total. The summed E-state index contributed by atoms with van der Waals surface area (Å²) in [5, 5.41) is 29.5. The third kappa shape index (κ3) is 3.18. The molecule has 0 spiro atoms. The van der Waals surface area contributed by atoms with Gasteiger partial charge in [-0.05, 0) is 26.0 Å². The number of benzene rings is 1. The maximum atomic E-state index is 11.2.